The van der Waals surface area contributed by atoms with Crippen LogP contribution < -0.4 is 4.74 Å². The fourth-order valence-electron chi connectivity index (χ4n) is 3.99. The van der Waals surface area contributed by atoms with E-state index in [1.165, 1.54) is 18.1 Å². The van der Waals surface area contributed by atoms with Crippen molar-refractivity contribution in [3.63, 3.8) is 0 Å². The molecule has 0 N–H and O–H groups in total. The van der Waals surface area contributed by atoms with E-state index in [-0.39, 0.29) is 44.3 Å². The summed E-state index contributed by atoms with van der Waals surface area (Å²) in [5.41, 5.74) is 2.13. The Bertz CT molecular complexity index is 1260. The van der Waals surface area contributed by atoms with E-state index in [1.807, 2.05) is 36.4 Å². The highest BCUT2D eigenvalue weighted by Crippen LogP contribution is 2.38. The highest BCUT2D eigenvalue weighted by Gasteiger charge is 2.32. The molecule has 3 rings (SSSR count). The fourth-order valence-corrected chi connectivity index (χ4v) is 3.99. The Hall–Kier alpha value is -4.01. The molecular weight excluding hydrogens is 511 g/mol. The number of halogens is 3. The van der Waals surface area contributed by atoms with Gasteiger partial charge in [-0.3, -0.25) is 4.79 Å². The number of amides is 1. The van der Waals surface area contributed by atoms with Gasteiger partial charge in [-0.15, -0.1) is 0 Å². The molecule has 0 fully saturated rings. The number of hydrogen-bond acceptors (Lipinski definition) is 5. The lowest BCUT2D eigenvalue weighted by atomic mass is 9.94. The number of methoxy groups -OCH3 is 1. The molecule has 0 spiro atoms. The molecular formula is C30H32F3NO5. The number of carbonyl (C=O) groups excluding carboxylic acids is 2. The first kappa shape index (κ1) is 29.5. The van der Waals surface area contributed by atoms with Gasteiger partial charge in [0.2, 0.25) is 0 Å². The van der Waals surface area contributed by atoms with Crippen LogP contribution in [0.4, 0.5) is 18.0 Å². The van der Waals surface area contributed by atoms with Gasteiger partial charge in [-0.25, -0.2) is 4.79 Å². The summed E-state index contributed by atoms with van der Waals surface area (Å²) in [5.74, 6) is 0.146. The molecule has 0 saturated carbocycles. The maximum absolute atomic E-state index is 13.7. The van der Waals surface area contributed by atoms with Crippen molar-refractivity contribution in [3.05, 3.63) is 89.0 Å². The van der Waals surface area contributed by atoms with Crippen molar-refractivity contribution in [1.82, 2.24) is 4.90 Å². The summed E-state index contributed by atoms with van der Waals surface area (Å²) in [6.07, 6.45) is -4.51. The van der Waals surface area contributed by atoms with Crippen LogP contribution in [0.5, 0.6) is 5.75 Å². The number of carbonyl (C=O) groups is 2. The first-order chi connectivity index (χ1) is 18.7. The van der Waals surface area contributed by atoms with E-state index in [1.54, 1.807) is 26.0 Å². The molecule has 6 nitrogen and oxygen atoms in total. The zero-order chi connectivity index (χ0) is 28.4. The lowest BCUT2D eigenvalue weighted by Crippen LogP contribution is -2.31. The third-order valence-corrected chi connectivity index (χ3v) is 6.14. The molecule has 3 aromatic rings. The fraction of sp³-hybridized carbons (Fsp3) is 0.333. The largest absolute Gasteiger partial charge is 0.496 e. The molecule has 0 aliphatic heterocycles. The van der Waals surface area contributed by atoms with Gasteiger partial charge in [0.25, 0.3) is 0 Å². The maximum Gasteiger partial charge on any atom is 0.416 e. The van der Waals surface area contributed by atoms with Crippen LogP contribution >= 0.6 is 0 Å². The standard InChI is InChI=1S/C30H32F3NO5/c1-4-28(35)38-16-15-21-11-14-27(37-3)26(17-21)25-13-12-24(30(31,32)33)18-23(25)19-34(5-2)29(36)39-20-22-9-7-6-8-10-22/h6-14,17-18H,4-5,15-16,19-20H2,1-3H3. The predicted octanol–water partition coefficient (Wildman–Crippen LogP) is 7.04. The van der Waals surface area contributed by atoms with Crippen LogP contribution in [0.15, 0.2) is 66.7 Å². The van der Waals surface area contributed by atoms with E-state index in [0.717, 1.165) is 23.3 Å². The van der Waals surface area contributed by atoms with Gasteiger partial charge in [-0.1, -0.05) is 49.4 Å². The van der Waals surface area contributed by atoms with Gasteiger partial charge in [0, 0.05) is 31.5 Å². The van der Waals surface area contributed by atoms with Crippen LogP contribution in [0.2, 0.25) is 0 Å². The quantitative estimate of drug-likeness (QED) is 0.243. The highest BCUT2D eigenvalue weighted by molar-refractivity contribution is 5.76. The van der Waals surface area contributed by atoms with E-state index in [0.29, 0.717) is 23.3 Å². The van der Waals surface area contributed by atoms with E-state index in [4.69, 9.17) is 14.2 Å². The Morgan fingerprint density at radius 2 is 1.62 bits per heavy atom. The molecule has 9 heteroatoms. The summed E-state index contributed by atoms with van der Waals surface area (Å²) < 4.78 is 57.1. The van der Waals surface area contributed by atoms with Crippen LogP contribution in [0.1, 0.15) is 42.5 Å². The molecule has 0 unspecified atom stereocenters. The van der Waals surface area contributed by atoms with Crippen molar-refractivity contribution in [1.29, 1.82) is 0 Å². The Labute approximate surface area is 226 Å². The minimum Gasteiger partial charge on any atom is -0.496 e. The molecule has 0 atom stereocenters. The van der Waals surface area contributed by atoms with E-state index in [2.05, 4.69) is 0 Å². The Morgan fingerprint density at radius 1 is 0.872 bits per heavy atom. The average molecular weight is 544 g/mol. The second-order valence-electron chi connectivity index (χ2n) is 8.78. The predicted molar refractivity (Wildman–Crippen MR) is 141 cm³/mol. The average Bonchev–Trinajstić information content (AvgIpc) is 2.94. The van der Waals surface area contributed by atoms with E-state index >= 15 is 0 Å². The van der Waals surface area contributed by atoms with Gasteiger partial charge < -0.3 is 19.1 Å². The van der Waals surface area contributed by atoms with Crippen molar-refractivity contribution >= 4 is 12.1 Å². The van der Waals surface area contributed by atoms with Gasteiger partial charge >= 0.3 is 18.2 Å². The molecule has 0 saturated heterocycles. The Balaban J connectivity index is 1.94. The molecule has 0 aliphatic carbocycles. The summed E-state index contributed by atoms with van der Waals surface area (Å²) in [6.45, 7) is 3.78. The smallest absolute Gasteiger partial charge is 0.416 e. The topological polar surface area (TPSA) is 65.1 Å². The maximum atomic E-state index is 13.7. The molecule has 3 aromatic carbocycles. The van der Waals surface area contributed by atoms with Gasteiger partial charge in [0.15, 0.2) is 0 Å². The number of esters is 1. The molecule has 1 amide bonds. The summed E-state index contributed by atoms with van der Waals surface area (Å²) in [5, 5.41) is 0. The minimum absolute atomic E-state index is 0.0457. The first-order valence-corrected chi connectivity index (χ1v) is 12.6. The Kier molecular flexibility index (Phi) is 10.4. The van der Waals surface area contributed by atoms with Crippen LogP contribution in [-0.4, -0.2) is 37.2 Å². The lowest BCUT2D eigenvalue weighted by Gasteiger charge is -2.23. The van der Waals surface area contributed by atoms with Crippen LogP contribution in [0.25, 0.3) is 11.1 Å². The summed E-state index contributed by atoms with van der Waals surface area (Å²) >= 11 is 0. The molecule has 0 radical (unpaired) electrons. The van der Waals surface area contributed by atoms with Crippen LogP contribution in [-0.2, 0) is 40.0 Å². The molecule has 0 bridgehead atoms. The monoisotopic (exact) mass is 543 g/mol. The second-order valence-corrected chi connectivity index (χ2v) is 8.78. The zero-order valence-electron chi connectivity index (χ0n) is 22.2. The van der Waals surface area contributed by atoms with Gasteiger partial charge in [-0.2, -0.15) is 13.2 Å². The zero-order valence-corrected chi connectivity index (χ0v) is 22.2. The summed E-state index contributed by atoms with van der Waals surface area (Å²) in [7, 11) is 1.48. The molecule has 39 heavy (non-hydrogen) atoms. The second kappa shape index (κ2) is 13.7. The highest BCUT2D eigenvalue weighted by atomic mass is 19.4. The number of rotatable bonds is 11. The minimum atomic E-state index is -4.56. The number of hydrogen-bond donors (Lipinski definition) is 0. The third-order valence-electron chi connectivity index (χ3n) is 6.14. The SMILES string of the molecule is CCC(=O)OCCc1ccc(OC)c(-c2ccc(C(F)(F)F)cc2CN(CC)C(=O)OCc2ccccc2)c1. The molecule has 0 aromatic heterocycles. The van der Waals surface area contributed by atoms with Gasteiger partial charge in [0.05, 0.1) is 19.3 Å². The molecule has 208 valence electrons. The summed E-state index contributed by atoms with van der Waals surface area (Å²) in [4.78, 5) is 25.7. The number of benzene rings is 3. The van der Waals surface area contributed by atoms with Gasteiger partial charge in [0.1, 0.15) is 12.4 Å². The van der Waals surface area contributed by atoms with Crippen molar-refractivity contribution in [2.45, 2.75) is 46.0 Å². The molecule has 0 aliphatic rings. The lowest BCUT2D eigenvalue weighted by molar-refractivity contribution is -0.143. The number of ether oxygens (including phenoxy) is 3. The summed E-state index contributed by atoms with van der Waals surface area (Å²) in [6, 6.07) is 17.9. The van der Waals surface area contributed by atoms with Crippen molar-refractivity contribution in [2.24, 2.45) is 0 Å². The molecule has 0 heterocycles. The number of alkyl halides is 3. The van der Waals surface area contributed by atoms with E-state index < -0.39 is 17.8 Å². The normalized spacial score (nSPS) is 11.1. The van der Waals surface area contributed by atoms with E-state index in [9.17, 15) is 22.8 Å². The third kappa shape index (κ3) is 8.24. The van der Waals surface area contributed by atoms with Crippen LogP contribution in [0.3, 0.4) is 0 Å². The van der Waals surface area contributed by atoms with Crippen molar-refractivity contribution < 1.29 is 37.0 Å². The van der Waals surface area contributed by atoms with Crippen LogP contribution in [0, 0.1) is 0 Å². The Morgan fingerprint density at radius 3 is 2.26 bits per heavy atom. The van der Waals surface area contributed by atoms with Crippen molar-refractivity contribution in [2.75, 3.05) is 20.3 Å². The number of nitrogens with zero attached hydrogens (tertiary/aromatic N) is 1. The van der Waals surface area contributed by atoms with Crippen molar-refractivity contribution in [3.8, 4) is 16.9 Å². The van der Waals surface area contributed by atoms with Gasteiger partial charge in [-0.05, 0) is 53.4 Å². The first-order valence-electron chi connectivity index (χ1n) is 12.6.